The second kappa shape index (κ2) is 6.77. The van der Waals surface area contributed by atoms with Crippen molar-refractivity contribution >= 4 is 15.7 Å². The van der Waals surface area contributed by atoms with Gasteiger partial charge in [0, 0.05) is 18.7 Å². The first-order chi connectivity index (χ1) is 11.5. The maximum absolute atomic E-state index is 12.8. The van der Waals surface area contributed by atoms with Crippen molar-refractivity contribution < 1.29 is 13.2 Å². The molecule has 5 heteroatoms. The molecule has 2 aromatic carbocycles. The SMILES string of the molecule is Cc1ccccc1C(=O)N1CCC(c2ccccc2)S(=O)(=O)CC1. The van der Waals surface area contributed by atoms with Gasteiger partial charge in [0.1, 0.15) is 0 Å². The summed E-state index contributed by atoms with van der Waals surface area (Å²) in [6.07, 6.45) is 0.434. The minimum absolute atomic E-state index is 0.00415. The quantitative estimate of drug-likeness (QED) is 0.842. The van der Waals surface area contributed by atoms with Crippen LogP contribution in [0, 0.1) is 6.92 Å². The van der Waals surface area contributed by atoms with Crippen molar-refractivity contribution in [3.63, 3.8) is 0 Å². The Bertz CT molecular complexity index is 831. The van der Waals surface area contributed by atoms with Crippen LogP contribution in [-0.4, -0.2) is 38.1 Å². The Morgan fingerprint density at radius 1 is 1.00 bits per heavy atom. The largest absolute Gasteiger partial charge is 0.338 e. The van der Waals surface area contributed by atoms with Crippen molar-refractivity contribution in [3.05, 3.63) is 71.3 Å². The third kappa shape index (κ3) is 3.36. The number of hydrogen-bond acceptors (Lipinski definition) is 3. The highest BCUT2D eigenvalue weighted by atomic mass is 32.2. The summed E-state index contributed by atoms with van der Waals surface area (Å²) in [5.41, 5.74) is 2.37. The highest BCUT2D eigenvalue weighted by Crippen LogP contribution is 2.29. The van der Waals surface area contributed by atoms with Gasteiger partial charge in [-0.3, -0.25) is 4.79 Å². The molecule has 0 N–H and O–H groups in total. The Morgan fingerprint density at radius 3 is 2.38 bits per heavy atom. The van der Waals surface area contributed by atoms with Gasteiger partial charge in [-0.05, 0) is 30.5 Å². The van der Waals surface area contributed by atoms with E-state index < -0.39 is 15.1 Å². The molecule has 0 aromatic heterocycles. The summed E-state index contributed by atoms with van der Waals surface area (Å²) in [5.74, 6) is -0.0820. The number of rotatable bonds is 2. The van der Waals surface area contributed by atoms with Crippen LogP contribution in [0.15, 0.2) is 54.6 Å². The average Bonchev–Trinajstić information content (AvgIpc) is 2.74. The number of aryl methyl sites for hydroxylation is 1. The van der Waals surface area contributed by atoms with Crippen LogP contribution < -0.4 is 0 Å². The molecule has 1 heterocycles. The summed E-state index contributed by atoms with van der Waals surface area (Å²) in [6.45, 7) is 2.60. The molecule has 0 spiro atoms. The van der Waals surface area contributed by atoms with E-state index in [1.807, 2.05) is 55.5 Å². The first-order valence-electron chi connectivity index (χ1n) is 8.10. The lowest BCUT2D eigenvalue weighted by atomic mass is 10.1. The molecule has 3 rings (SSSR count). The summed E-state index contributed by atoms with van der Waals surface area (Å²) >= 11 is 0. The van der Waals surface area contributed by atoms with Gasteiger partial charge in [0.15, 0.2) is 9.84 Å². The van der Waals surface area contributed by atoms with Gasteiger partial charge in [-0.1, -0.05) is 48.5 Å². The lowest BCUT2D eigenvalue weighted by molar-refractivity contribution is 0.0766. The number of carbonyl (C=O) groups excluding carboxylic acids is 1. The predicted molar refractivity (Wildman–Crippen MR) is 94.7 cm³/mol. The molecule has 0 aliphatic carbocycles. The van der Waals surface area contributed by atoms with Gasteiger partial charge >= 0.3 is 0 Å². The molecule has 4 nitrogen and oxygen atoms in total. The molecule has 1 aliphatic rings. The third-order valence-electron chi connectivity index (χ3n) is 4.57. The molecule has 1 fully saturated rings. The zero-order valence-electron chi connectivity index (χ0n) is 13.7. The van der Waals surface area contributed by atoms with Crippen LogP contribution in [0.25, 0.3) is 0 Å². The molecule has 1 atom stereocenters. The fraction of sp³-hybridized carbons (Fsp3) is 0.316. The minimum atomic E-state index is -3.27. The zero-order chi connectivity index (χ0) is 17.2. The van der Waals surface area contributed by atoms with Gasteiger partial charge in [0.05, 0.1) is 11.0 Å². The minimum Gasteiger partial charge on any atom is -0.338 e. The summed E-state index contributed by atoms with van der Waals surface area (Å²) < 4.78 is 25.3. The summed E-state index contributed by atoms with van der Waals surface area (Å²) in [6, 6.07) is 16.7. The molecular formula is C19H21NO3S. The maximum atomic E-state index is 12.8. The van der Waals surface area contributed by atoms with Crippen LogP contribution in [0.1, 0.15) is 33.2 Å². The van der Waals surface area contributed by atoms with E-state index in [1.54, 1.807) is 11.0 Å². The Labute approximate surface area is 143 Å². The molecule has 0 radical (unpaired) electrons. The summed E-state index contributed by atoms with van der Waals surface area (Å²) in [4.78, 5) is 14.4. The Morgan fingerprint density at radius 2 is 1.67 bits per heavy atom. The van der Waals surface area contributed by atoms with Crippen LogP contribution in [0.3, 0.4) is 0 Å². The van der Waals surface area contributed by atoms with Crippen LogP contribution in [-0.2, 0) is 9.84 Å². The Balaban J connectivity index is 1.84. The number of carbonyl (C=O) groups is 1. The van der Waals surface area contributed by atoms with E-state index in [0.717, 1.165) is 11.1 Å². The van der Waals surface area contributed by atoms with Crippen molar-refractivity contribution in [2.45, 2.75) is 18.6 Å². The number of nitrogens with zero attached hydrogens (tertiary/aromatic N) is 1. The molecule has 2 aromatic rings. The molecular weight excluding hydrogens is 322 g/mol. The van der Waals surface area contributed by atoms with Crippen LogP contribution in [0.4, 0.5) is 0 Å². The predicted octanol–water partition coefficient (Wildman–Crippen LogP) is 3.00. The van der Waals surface area contributed by atoms with E-state index in [4.69, 9.17) is 0 Å². The van der Waals surface area contributed by atoms with Gasteiger partial charge in [0.25, 0.3) is 5.91 Å². The lowest BCUT2D eigenvalue weighted by Gasteiger charge is -2.21. The summed E-state index contributed by atoms with van der Waals surface area (Å²) in [7, 11) is -3.27. The average molecular weight is 343 g/mol. The normalized spacial score (nSPS) is 20.4. The smallest absolute Gasteiger partial charge is 0.254 e. The first-order valence-corrected chi connectivity index (χ1v) is 9.82. The van der Waals surface area contributed by atoms with Crippen LogP contribution >= 0.6 is 0 Å². The lowest BCUT2D eigenvalue weighted by Crippen LogP contribution is -2.34. The van der Waals surface area contributed by atoms with Crippen LogP contribution in [0.5, 0.6) is 0 Å². The van der Waals surface area contributed by atoms with Crippen molar-refractivity contribution in [2.24, 2.45) is 0 Å². The third-order valence-corrected chi connectivity index (χ3v) is 6.70. The van der Waals surface area contributed by atoms with E-state index >= 15 is 0 Å². The zero-order valence-corrected chi connectivity index (χ0v) is 14.5. The van der Waals surface area contributed by atoms with Gasteiger partial charge < -0.3 is 4.90 Å². The molecule has 0 bridgehead atoms. The van der Waals surface area contributed by atoms with Crippen molar-refractivity contribution in [3.8, 4) is 0 Å². The Kier molecular flexibility index (Phi) is 4.71. The van der Waals surface area contributed by atoms with E-state index in [1.165, 1.54) is 0 Å². The molecule has 1 aliphatic heterocycles. The van der Waals surface area contributed by atoms with Crippen molar-refractivity contribution in [1.82, 2.24) is 4.90 Å². The fourth-order valence-corrected chi connectivity index (χ4v) is 4.97. The highest BCUT2D eigenvalue weighted by Gasteiger charge is 2.32. The molecule has 126 valence electrons. The fourth-order valence-electron chi connectivity index (χ4n) is 3.17. The van der Waals surface area contributed by atoms with Crippen LogP contribution in [0.2, 0.25) is 0 Å². The number of sulfone groups is 1. The van der Waals surface area contributed by atoms with Crippen molar-refractivity contribution in [1.29, 1.82) is 0 Å². The van der Waals surface area contributed by atoms with Gasteiger partial charge in [-0.2, -0.15) is 0 Å². The standard InChI is InChI=1S/C19H21NO3S/c1-15-7-5-6-10-17(15)19(21)20-12-11-18(24(22,23)14-13-20)16-8-3-2-4-9-16/h2-10,18H,11-14H2,1H3. The molecule has 24 heavy (non-hydrogen) atoms. The second-order valence-electron chi connectivity index (χ2n) is 6.16. The van der Waals surface area contributed by atoms with E-state index in [2.05, 4.69) is 0 Å². The molecule has 1 saturated heterocycles. The topological polar surface area (TPSA) is 54.5 Å². The van der Waals surface area contributed by atoms with Gasteiger partial charge in [-0.15, -0.1) is 0 Å². The van der Waals surface area contributed by atoms with Gasteiger partial charge in [0.2, 0.25) is 0 Å². The highest BCUT2D eigenvalue weighted by molar-refractivity contribution is 7.91. The maximum Gasteiger partial charge on any atom is 0.254 e. The number of hydrogen-bond donors (Lipinski definition) is 0. The molecule has 1 amide bonds. The first kappa shape index (κ1) is 16.7. The number of benzene rings is 2. The monoisotopic (exact) mass is 343 g/mol. The number of amides is 1. The molecule has 1 unspecified atom stereocenters. The summed E-state index contributed by atoms with van der Waals surface area (Å²) in [5, 5.41) is -0.534. The van der Waals surface area contributed by atoms with E-state index in [9.17, 15) is 13.2 Å². The second-order valence-corrected chi connectivity index (χ2v) is 8.47. The van der Waals surface area contributed by atoms with Gasteiger partial charge in [-0.25, -0.2) is 8.42 Å². The van der Waals surface area contributed by atoms with E-state index in [0.29, 0.717) is 18.5 Å². The molecule has 0 saturated carbocycles. The van der Waals surface area contributed by atoms with Crippen molar-refractivity contribution in [2.75, 3.05) is 18.8 Å². The van der Waals surface area contributed by atoms with E-state index in [-0.39, 0.29) is 18.2 Å². The Hall–Kier alpha value is -2.14.